The molecule has 8 aromatic rings. The lowest BCUT2D eigenvalue weighted by Crippen LogP contribution is -1.94. The van der Waals surface area contributed by atoms with E-state index < -0.39 is 0 Å². The summed E-state index contributed by atoms with van der Waals surface area (Å²) in [7, 11) is 0. The summed E-state index contributed by atoms with van der Waals surface area (Å²) >= 11 is 1.87. The minimum atomic E-state index is 0.918. The highest BCUT2D eigenvalue weighted by atomic mass is 32.2. The second-order valence-corrected chi connectivity index (χ2v) is 12.0. The van der Waals surface area contributed by atoms with Crippen molar-refractivity contribution in [2.75, 3.05) is 0 Å². The maximum atomic E-state index is 6.47. The Bertz CT molecular complexity index is 2320. The summed E-state index contributed by atoms with van der Waals surface area (Å²) in [6.07, 6.45) is 0. The summed E-state index contributed by atoms with van der Waals surface area (Å²) < 4.78 is 6.47. The second-order valence-electron chi connectivity index (χ2n) is 10.9. The van der Waals surface area contributed by atoms with Gasteiger partial charge in [0.1, 0.15) is 11.2 Å². The zero-order valence-electron chi connectivity index (χ0n) is 22.7. The number of fused-ring (bicyclic) bond motifs is 5. The van der Waals surface area contributed by atoms with Crippen molar-refractivity contribution in [3.63, 3.8) is 0 Å². The standard InChI is InChI=1S/C40H24OS/c1-2-9-25(10-3-1)28-21-29(23-30(22-28)31-14-8-16-34-32-13-4-5-17-36(32)41-40(31)34)27-19-20-37-35(24-27)33-15-6-11-26-12-7-18-38(42-37)39(26)33/h1-24H. The number of para-hydroxylation sites is 2. The largest absolute Gasteiger partial charge is 0.455 e. The second kappa shape index (κ2) is 9.24. The van der Waals surface area contributed by atoms with Crippen LogP contribution in [0.1, 0.15) is 0 Å². The predicted molar refractivity (Wildman–Crippen MR) is 177 cm³/mol. The molecule has 0 saturated heterocycles. The average molecular weight is 553 g/mol. The molecule has 1 aromatic heterocycles. The van der Waals surface area contributed by atoms with Gasteiger partial charge in [0.15, 0.2) is 0 Å². The van der Waals surface area contributed by atoms with Gasteiger partial charge in [-0.1, -0.05) is 115 Å². The van der Waals surface area contributed by atoms with Crippen molar-refractivity contribution >= 4 is 44.5 Å². The Morgan fingerprint density at radius 3 is 2.02 bits per heavy atom. The minimum absolute atomic E-state index is 0.918. The zero-order valence-corrected chi connectivity index (χ0v) is 23.5. The van der Waals surface area contributed by atoms with Crippen molar-refractivity contribution in [3.8, 4) is 44.5 Å². The Morgan fingerprint density at radius 2 is 1.12 bits per heavy atom. The topological polar surface area (TPSA) is 13.1 Å². The van der Waals surface area contributed by atoms with E-state index >= 15 is 0 Å². The fourth-order valence-corrected chi connectivity index (χ4v) is 7.59. The van der Waals surface area contributed by atoms with E-state index in [4.69, 9.17) is 4.42 Å². The molecule has 42 heavy (non-hydrogen) atoms. The molecule has 0 amide bonds. The molecule has 1 aliphatic rings. The third-order valence-electron chi connectivity index (χ3n) is 8.44. The van der Waals surface area contributed by atoms with Crippen molar-refractivity contribution in [2.45, 2.75) is 9.79 Å². The molecule has 9 rings (SSSR count). The zero-order chi connectivity index (χ0) is 27.6. The van der Waals surface area contributed by atoms with Gasteiger partial charge in [-0.25, -0.2) is 0 Å². The highest BCUT2D eigenvalue weighted by molar-refractivity contribution is 7.99. The highest BCUT2D eigenvalue weighted by Crippen LogP contribution is 2.49. The summed E-state index contributed by atoms with van der Waals surface area (Å²) in [5, 5.41) is 4.94. The molecule has 0 radical (unpaired) electrons. The number of hydrogen-bond acceptors (Lipinski definition) is 2. The molecule has 0 aliphatic carbocycles. The van der Waals surface area contributed by atoms with E-state index in [2.05, 4.69) is 140 Å². The molecule has 0 saturated carbocycles. The van der Waals surface area contributed by atoms with Gasteiger partial charge in [-0.15, -0.1) is 0 Å². The van der Waals surface area contributed by atoms with Gasteiger partial charge in [-0.3, -0.25) is 0 Å². The van der Waals surface area contributed by atoms with Crippen LogP contribution in [0.5, 0.6) is 0 Å². The molecular formula is C40H24OS. The lowest BCUT2D eigenvalue weighted by Gasteiger charge is -2.21. The molecule has 0 fully saturated rings. The van der Waals surface area contributed by atoms with Crippen molar-refractivity contribution in [3.05, 3.63) is 146 Å². The Morgan fingerprint density at radius 1 is 0.405 bits per heavy atom. The van der Waals surface area contributed by atoms with Gasteiger partial charge < -0.3 is 4.42 Å². The van der Waals surface area contributed by atoms with Crippen LogP contribution in [0.15, 0.2) is 160 Å². The first kappa shape index (κ1) is 23.6. The molecule has 196 valence electrons. The van der Waals surface area contributed by atoms with Gasteiger partial charge in [0.25, 0.3) is 0 Å². The number of furan rings is 1. The van der Waals surface area contributed by atoms with Crippen LogP contribution in [0, 0.1) is 0 Å². The lowest BCUT2D eigenvalue weighted by molar-refractivity contribution is 0.670. The molecule has 2 heterocycles. The fraction of sp³-hybridized carbons (Fsp3) is 0. The van der Waals surface area contributed by atoms with Gasteiger partial charge in [-0.05, 0) is 86.8 Å². The number of benzene rings is 7. The van der Waals surface area contributed by atoms with E-state index in [1.165, 1.54) is 53.9 Å². The van der Waals surface area contributed by atoms with Crippen LogP contribution < -0.4 is 0 Å². The third-order valence-corrected chi connectivity index (χ3v) is 9.58. The molecule has 0 N–H and O–H groups in total. The maximum absolute atomic E-state index is 6.47. The molecule has 1 aliphatic heterocycles. The Hall–Kier alpha value is -5.05. The summed E-state index contributed by atoms with van der Waals surface area (Å²) in [5.41, 5.74) is 11.5. The number of rotatable bonds is 3. The first-order valence-electron chi connectivity index (χ1n) is 14.3. The normalized spacial score (nSPS) is 12.2. The number of hydrogen-bond donors (Lipinski definition) is 0. The molecule has 0 unspecified atom stereocenters. The monoisotopic (exact) mass is 552 g/mol. The van der Waals surface area contributed by atoms with E-state index in [1.54, 1.807) is 0 Å². The molecule has 0 spiro atoms. The van der Waals surface area contributed by atoms with Crippen molar-refractivity contribution < 1.29 is 4.42 Å². The van der Waals surface area contributed by atoms with Crippen LogP contribution in [-0.4, -0.2) is 0 Å². The van der Waals surface area contributed by atoms with Crippen LogP contribution in [-0.2, 0) is 0 Å². The minimum Gasteiger partial charge on any atom is -0.455 e. The molecule has 2 heteroatoms. The van der Waals surface area contributed by atoms with Crippen LogP contribution in [0.25, 0.3) is 77.2 Å². The molecule has 1 nitrogen and oxygen atoms in total. The fourth-order valence-electron chi connectivity index (χ4n) is 6.47. The van der Waals surface area contributed by atoms with Crippen LogP contribution in [0.3, 0.4) is 0 Å². The maximum Gasteiger partial charge on any atom is 0.143 e. The summed E-state index contributed by atoms with van der Waals surface area (Å²) in [6, 6.07) is 52.6. The SMILES string of the molecule is c1ccc(-c2cc(-c3ccc4c(c3)-c3cccc5cccc(c35)S4)cc(-c3cccc4c3oc3ccccc34)c2)cc1. The Kier molecular flexibility index (Phi) is 5.20. The van der Waals surface area contributed by atoms with E-state index in [1.807, 2.05) is 17.8 Å². The predicted octanol–water partition coefficient (Wildman–Crippen LogP) is 11.9. The van der Waals surface area contributed by atoms with E-state index in [0.717, 1.165) is 33.1 Å². The summed E-state index contributed by atoms with van der Waals surface area (Å²) in [6.45, 7) is 0. The third kappa shape index (κ3) is 3.66. The first-order valence-corrected chi connectivity index (χ1v) is 15.1. The molecule has 0 atom stereocenters. The van der Waals surface area contributed by atoms with E-state index in [9.17, 15) is 0 Å². The van der Waals surface area contributed by atoms with Gasteiger partial charge in [0, 0.05) is 31.5 Å². The first-order chi connectivity index (χ1) is 20.8. The Balaban J connectivity index is 1.27. The van der Waals surface area contributed by atoms with E-state index in [0.29, 0.717) is 0 Å². The van der Waals surface area contributed by atoms with Gasteiger partial charge in [0.05, 0.1) is 0 Å². The van der Waals surface area contributed by atoms with E-state index in [-0.39, 0.29) is 0 Å². The van der Waals surface area contributed by atoms with Crippen molar-refractivity contribution in [2.24, 2.45) is 0 Å². The molecule has 7 aromatic carbocycles. The van der Waals surface area contributed by atoms with Crippen LogP contribution >= 0.6 is 11.8 Å². The van der Waals surface area contributed by atoms with Crippen LogP contribution in [0.4, 0.5) is 0 Å². The summed E-state index contributed by atoms with van der Waals surface area (Å²) in [4.78, 5) is 2.63. The van der Waals surface area contributed by atoms with Crippen LogP contribution in [0.2, 0.25) is 0 Å². The molecular weight excluding hydrogens is 529 g/mol. The van der Waals surface area contributed by atoms with Gasteiger partial charge in [-0.2, -0.15) is 0 Å². The quantitative estimate of drug-likeness (QED) is 0.216. The van der Waals surface area contributed by atoms with Gasteiger partial charge >= 0.3 is 0 Å². The summed E-state index contributed by atoms with van der Waals surface area (Å²) in [5.74, 6) is 0. The Labute approximate surface area is 248 Å². The lowest BCUT2D eigenvalue weighted by atomic mass is 9.91. The van der Waals surface area contributed by atoms with Crippen molar-refractivity contribution in [1.29, 1.82) is 0 Å². The smallest absolute Gasteiger partial charge is 0.143 e. The van der Waals surface area contributed by atoms with Crippen molar-refractivity contribution in [1.82, 2.24) is 0 Å². The van der Waals surface area contributed by atoms with Gasteiger partial charge in [0.2, 0.25) is 0 Å². The average Bonchev–Trinajstić information content (AvgIpc) is 3.44. The molecule has 0 bridgehead atoms. The highest BCUT2D eigenvalue weighted by Gasteiger charge is 2.20.